The van der Waals surface area contributed by atoms with E-state index >= 15 is 0 Å². The van der Waals surface area contributed by atoms with E-state index in [1.54, 1.807) is 0 Å². The summed E-state index contributed by atoms with van der Waals surface area (Å²) in [5, 5.41) is 3.03. The Morgan fingerprint density at radius 2 is 1.64 bits per heavy atom. The van der Waals surface area contributed by atoms with Gasteiger partial charge in [0.2, 0.25) is 5.91 Å². The molecule has 4 nitrogen and oxygen atoms in total. The lowest BCUT2D eigenvalue weighted by atomic mass is 10.1. The Labute approximate surface area is 164 Å². The van der Waals surface area contributed by atoms with Crippen LogP contribution in [0.4, 0.5) is 0 Å². The number of hydrogen-bond donors (Lipinski definition) is 1. The van der Waals surface area contributed by atoms with Crippen LogP contribution in [-0.2, 0) is 24.3 Å². The van der Waals surface area contributed by atoms with Gasteiger partial charge in [0.05, 0.1) is 24.0 Å². The highest BCUT2D eigenvalue weighted by atomic mass is 16.1. The van der Waals surface area contributed by atoms with E-state index in [1.165, 1.54) is 11.1 Å². The Kier molecular flexibility index (Phi) is 5.20. The van der Waals surface area contributed by atoms with Crippen LogP contribution >= 0.6 is 0 Å². The van der Waals surface area contributed by atoms with Gasteiger partial charge >= 0.3 is 0 Å². The van der Waals surface area contributed by atoms with Crippen LogP contribution in [0.2, 0.25) is 0 Å². The number of hydrogen-bond acceptors (Lipinski definition) is 2. The molecule has 1 N–H and O–H groups in total. The van der Waals surface area contributed by atoms with Crippen LogP contribution in [0.25, 0.3) is 11.0 Å². The fourth-order valence-electron chi connectivity index (χ4n) is 3.42. The molecular weight excluding hydrogens is 346 g/mol. The van der Waals surface area contributed by atoms with Crippen LogP contribution < -0.4 is 5.32 Å². The molecule has 0 saturated heterocycles. The van der Waals surface area contributed by atoms with Gasteiger partial charge in [0.15, 0.2) is 0 Å². The van der Waals surface area contributed by atoms with Crippen LogP contribution in [0.5, 0.6) is 0 Å². The van der Waals surface area contributed by atoms with Gasteiger partial charge in [-0.3, -0.25) is 4.79 Å². The first kappa shape index (κ1) is 18.0. The fourth-order valence-corrected chi connectivity index (χ4v) is 3.42. The van der Waals surface area contributed by atoms with Crippen molar-refractivity contribution in [2.24, 2.45) is 0 Å². The van der Waals surface area contributed by atoms with Gasteiger partial charge in [-0.2, -0.15) is 0 Å². The number of nitrogens with zero attached hydrogens (tertiary/aromatic N) is 2. The lowest BCUT2D eigenvalue weighted by Crippen LogP contribution is -2.26. The van der Waals surface area contributed by atoms with E-state index < -0.39 is 0 Å². The molecule has 0 unspecified atom stereocenters. The molecule has 0 bridgehead atoms. The van der Waals surface area contributed by atoms with Crippen molar-refractivity contribution in [3.63, 3.8) is 0 Å². The number of rotatable bonds is 6. The van der Waals surface area contributed by atoms with Crippen molar-refractivity contribution in [2.75, 3.05) is 0 Å². The third-order valence-corrected chi connectivity index (χ3v) is 4.97. The minimum absolute atomic E-state index is 0.000646. The summed E-state index contributed by atoms with van der Waals surface area (Å²) in [5.74, 6) is 0.867. The molecule has 1 aromatic heterocycles. The molecule has 0 spiro atoms. The summed E-state index contributed by atoms with van der Waals surface area (Å²) in [6, 6.07) is 26.3. The summed E-state index contributed by atoms with van der Waals surface area (Å²) in [6.45, 7) is 3.26. The summed E-state index contributed by atoms with van der Waals surface area (Å²) in [4.78, 5) is 17.1. The molecular formula is C24H23N3O. The Morgan fingerprint density at radius 1 is 0.929 bits per heavy atom. The highest BCUT2D eigenvalue weighted by Gasteiger charge is 2.13. The van der Waals surface area contributed by atoms with Crippen molar-refractivity contribution < 1.29 is 4.79 Å². The Balaban J connectivity index is 1.56. The average Bonchev–Trinajstić information content (AvgIpc) is 3.06. The molecule has 1 amide bonds. The number of carbonyl (C=O) groups is 1. The van der Waals surface area contributed by atoms with Gasteiger partial charge in [0, 0.05) is 6.54 Å². The molecule has 1 heterocycles. The van der Waals surface area contributed by atoms with Crippen molar-refractivity contribution in [2.45, 2.75) is 26.4 Å². The highest BCUT2D eigenvalue weighted by Crippen LogP contribution is 2.19. The summed E-state index contributed by atoms with van der Waals surface area (Å²) >= 11 is 0. The van der Waals surface area contributed by atoms with E-state index in [0.29, 0.717) is 13.0 Å². The number of benzene rings is 3. The van der Waals surface area contributed by atoms with Crippen molar-refractivity contribution in [1.82, 2.24) is 14.9 Å². The number of fused-ring (bicyclic) bond motifs is 1. The molecule has 4 rings (SSSR count). The van der Waals surface area contributed by atoms with Gasteiger partial charge in [-0.15, -0.1) is 0 Å². The SMILES string of the molecule is Cc1ccccc1Cn1c(CNC(=O)Cc2ccccc2)nc2ccccc21. The smallest absolute Gasteiger partial charge is 0.224 e. The quantitative estimate of drug-likeness (QED) is 0.552. The summed E-state index contributed by atoms with van der Waals surface area (Å²) in [7, 11) is 0. The number of aromatic nitrogens is 2. The largest absolute Gasteiger partial charge is 0.349 e. The molecule has 140 valence electrons. The van der Waals surface area contributed by atoms with Crippen LogP contribution in [0, 0.1) is 6.92 Å². The Morgan fingerprint density at radius 3 is 2.46 bits per heavy atom. The van der Waals surface area contributed by atoms with E-state index in [9.17, 15) is 4.79 Å². The standard InChI is InChI=1S/C24H23N3O/c1-18-9-5-6-12-20(18)17-27-22-14-8-7-13-21(22)26-23(27)16-25-24(28)15-19-10-3-2-4-11-19/h2-14H,15-17H2,1H3,(H,25,28). The average molecular weight is 369 g/mol. The molecule has 0 aliphatic heterocycles. The van der Waals surface area contributed by atoms with Gasteiger partial charge < -0.3 is 9.88 Å². The zero-order valence-electron chi connectivity index (χ0n) is 15.9. The minimum Gasteiger partial charge on any atom is -0.349 e. The molecule has 28 heavy (non-hydrogen) atoms. The fraction of sp³-hybridized carbons (Fsp3) is 0.167. The zero-order valence-corrected chi connectivity index (χ0v) is 15.9. The van der Waals surface area contributed by atoms with Gasteiger partial charge in [-0.1, -0.05) is 66.7 Å². The number of imidazole rings is 1. The monoisotopic (exact) mass is 369 g/mol. The minimum atomic E-state index is 0.000646. The van der Waals surface area contributed by atoms with E-state index in [1.807, 2.05) is 48.5 Å². The van der Waals surface area contributed by atoms with Gasteiger partial charge in [0.25, 0.3) is 0 Å². The topological polar surface area (TPSA) is 46.9 Å². The van der Waals surface area contributed by atoms with Crippen LogP contribution in [0.1, 0.15) is 22.5 Å². The van der Waals surface area contributed by atoms with Crippen molar-refractivity contribution in [3.8, 4) is 0 Å². The molecule has 3 aromatic carbocycles. The predicted octanol–water partition coefficient (Wildman–Crippen LogP) is 4.25. The van der Waals surface area contributed by atoms with E-state index in [-0.39, 0.29) is 5.91 Å². The Hall–Kier alpha value is -3.40. The maximum atomic E-state index is 12.4. The number of aryl methyl sites for hydroxylation is 1. The van der Waals surface area contributed by atoms with Crippen LogP contribution in [0.15, 0.2) is 78.9 Å². The summed E-state index contributed by atoms with van der Waals surface area (Å²) in [6.07, 6.45) is 0.374. The summed E-state index contributed by atoms with van der Waals surface area (Å²) in [5.41, 5.74) is 5.54. The number of amides is 1. The molecule has 0 aliphatic rings. The second-order valence-corrected chi connectivity index (χ2v) is 6.97. The third kappa shape index (κ3) is 3.96. The first-order chi connectivity index (χ1) is 13.7. The van der Waals surface area contributed by atoms with E-state index in [2.05, 4.69) is 47.1 Å². The lowest BCUT2D eigenvalue weighted by molar-refractivity contribution is -0.120. The maximum Gasteiger partial charge on any atom is 0.224 e. The molecule has 0 radical (unpaired) electrons. The Bertz CT molecular complexity index is 1100. The normalized spacial score (nSPS) is 10.9. The molecule has 0 atom stereocenters. The van der Waals surface area contributed by atoms with Crippen LogP contribution in [0.3, 0.4) is 0 Å². The van der Waals surface area contributed by atoms with Crippen LogP contribution in [-0.4, -0.2) is 15.5 Å². The molecule has 0 aliphatic carbocycles. The molecule has 0 fully saturated rings. The first-order valence-corrected chi connectivity index (χ1v) is 9.50. The number of nitrogens with one attached hydrogen (secondary N) is 1. The second kappa shape index (κ2) is 8.09. The zero-order chi connectivity index (χ0) is 19.3. The third-order valence-electron chi connectivity index (χ3n) is 4.97. The predicted molar refractivity (Wildman–Crippen MR) is 112 cm³/mol. The molecule has 0 saturated carbocycles. The number of carbonyl (C=O) groups excluding carboxylic acids is 1. The van der Waals surface area contributed by atoms with Gasteiger partial charge in [0.1, 0.15) is 5.82 Å². The molecule has 4 aromatic rings. The van der Waals surface area contributed by atoms with Gasteiger partial charge in [-0.25, -0.2) is 4.98 Å². The highest BCUT2D eigenvalue weighted by molar-refractivity contribution is 5.79. The lowest BCUT2D eigenvalue weighted by Gasteiger charge is -2.12. The molecule has 4 heteroatoms. The van der Waals surface area contributed by atoms with E-state index in [4.69, 9.17) is 4.98 Å². The van der Waals surface area contributed by atoms with Crippen molar-refractivity contribution in [3.05, 3.63) is 101 Å². The van der Waals surface area contributed by atoms with E-state index in [0.717, 1.165) is 29.0 Å². The van der Waals surface area contributed by atoms with Crippen molar-refractivity contribution >= 4 is 16.9 Å². The van der Waals surface area contributed by atoms with Gasteiger partial charge in [-0.05, 0) is 35.7 Å². The second-order valence-electron chi connectivity index (χ2n) is 6.97. The summed E-state index contributed by atoms with van der Waals surface area (Å²) < 4.78 is 2.19. The maximum absolute atomic E-state index is 12.4. The van der Waals surface area contributed by atoms with Crippen molar-refractivity contribution in [1.29, 1.82) is 0 Å². The number of para-hydroxylation sites is 2. The first-order valence-electron chi connectivity index (χ1n) is 9.50.